The molecule has 1 saturated carbocycles. The van der Waals surface area contributed by atoms with Crippen molar-refractivity contribution in [2.45, 2.75) is 48.9 Å². The quantitative estimate of drug-likeness (QED) is 0.0911. The molecule has 4 rings (SSSR count). The summed E-state index contributed by atoms with van der Waals surface area (Å²) in [4.78, 5) is 29.0. The molecule has 0 N–H and O–H groups in total. The van der Waals surface area contributed by atoms with Crippen LogP contribution in [0, 0.1) is 17.3 Å². The van der Waals surface area contributed by atoms with Gasteiger partial charge >= 0.3 is 11.9 Å². The van der Waals surface area contributed by atoms with E-state index in [1.165, 1.54) is 17.7 Å². The van der Waals surface area contributed by atoms with Crippen molar-refractivity contribution < 1.29 is 36.8 Å². The number of piperazine rings is 1. The number of allylic oxidation sites excluding steroid dienone is 2. The fourth-order valence-corrected chi connectivity index (χ4v) is 7.71. The van der Waals surface area contributed by atoms with Gasteiger partial charge < -0.3 is 14.2 Å². The molecule has 0 radical (unpaired) electrons. The summed E-state index contributed by atoms with van der Waals surface area (Å²) in [6, 6.07) is 7.65. The van der Waals surface area contributed by atoms with Gasteiger partial charge in [0.15, 0.2) is 0 Å². The zero-order valence-electron chi connectivity index (χ0n) is 28.2. The van der Waals surface area contributed by atoms with Crippen LogP contribution in [0.25, 0.3) is 0 Å². The standard InChI is InChI=1S/C35H47ClN4O8S/c1-5-35(4)14-13-28(23-30(35)26(2)24-36)27(3)25-40-17-15-39(16-18-40)19-20-45-31(41)11-12-32(42)46-21-22-47-33-34(38-48-37-33)49(43,44)29-9-7-6-8-10-29/h5-10,28,30H,1-3,11-25H2,4H3/t28-,30+,35-/m1/s1. The van der Waals surface area contributed by atoms with Crippen molar-refractivity contribution >= 4 is 33.4 Å². The normalized spacial score (nSPS) is 21.8. The maximum atomic E-state index is 12.7. The second kappa shape index (κ2) is 17.9. The van der Waals surface area contributed by atoms with Gasteiger partial charge in [0.1, 0.15) is 19.8 Å². The van der Waals surface area contributed by atoms with Gasteiger partial charge in [-0.1, -0.05) is 55.5 Å². The molecule has 268 valence electrons. The minimum Gasteiger partial charge on any atom is -0.470 e. The van der Waals surface area contributed by atoms with E-state index in [9.17, 15) is 18.0 Å². The molecule has 0 unspecified atom stereocenters. The maximum Gasteiger partial charge on any atom is 0.306 e. The fourth-order valence-electron chi connectivity index (χ4n) is 6.33. The Labute approximate surface area is 294 Å². The summed E-state index contributed by atoms with van der Waals surface area (Å²) in [6.45, 7) is 20.0. The summed E-state index contributed by atoms with van der Waals surface area (Å²) >= 11 is 6.17. The van der Waals surface area contributed by atoms with Crippen LogP contribution in [0.3, 0.4) is 0 Å². The molecule has 1 aliphatic carbocycles. The number of halogens is 1. The molecule has 0 bridgehead atoms. The summed E-state index contributed by atoms with van der Waals surface area (Å²) in [5, 5.41) is 6.46. The van der Waals surface area contributed by atoms with E-state index < -0.39 is 26.8 Å². The SMILES string of the molecule is C=C[C@]1(C)CC[C@@H](C(=C)CN2CCN(CCOC(=O)CCC(=O)OCCOc3nonc3S(=O)(=O)c3ccccc3)CC2)C[C@H]1C(=C)CCl. The minimum absolute atomic E-state index is 0.00493. The first-order valence-electron chi connectivity index (χ1n) is 16.5. The first-order valence-corrected chi connectivity index (χ1v) is 18.5. The number of ether oxygens (including phenoxy) is 3. The molecule has 12 nitrogen and oxygen atoms in total. The van der Waals surface area contributed by atoms with Crippen molar-refractivity contribution in [3.63, 3.8) is 0 Å². The van der Waals surface area contributed by atoms with Crippen LogP contribution in [-0.4, -0.2) is 105 Å². The molecule has 0 spiro atoms. The second-order valence-electron chi connectivity index (χ2n) is 12.8. The van der Waals surface area contributed by atoms with Gasteiger partial charge in [-0.05, 0) is 59.0 Å². The second-order valence-corrected chi connectivity index (χ2v) is 14.9. The Hall–Kier alpha value is -3.52. The first kappa shape index (κ1) is 38.3. The molecule has 49 heavy (non-hydrogen) atoms. The molecule has 1 aromatic heterocycles. The van der Waals surface area contributed by atoms with Gasteiger partial charge in [0.2, 0.25) is 9.84 Å². The van der Waals surface area contributed by atoms with E-state index in [1.54, 1.807) is 18.2 Å². The van der Waals surface area contributed by atoms with Crippen LogP contribution in [0.2, 0.25) is 0 Å². The average molecular weight is 719 g/mol. The summed E-state index contributed by atoms with van der Waals surface area (Å²) in [6.07, 6.45) is 4.95. The summed E-state index contributed by atoms with van der Waals surface area (Å²) < 4.78 is 45.8. The number of hydrogen-bond donors (Lipinski definition) is 0. The smallest absolute Gasteiger partial charge is 0.306 e. The van der Waals surface area contributed by atoms with Gasteiger partial charge in [0, 0.05) is 45.1 Å². The Morgan fingerprint density at radius 3 is 2.31 bits per heavy atom. The number of esters is 2. The summed E-state index contributed by atoms with van der Waals surface area (Å²) in [5.41, 5.74) is 2.37. The van der Waals surface area contributed by atoms with Crippen molar-refractivity contribution in [1.82, 2.24) is 20.1 Å². The largest absolute Gasteiger partial charge is 0.470 e. The van der Waals surface area contributed by atoms with E-state index in [0.717, 1.165) is 57.6 Å². The van der Waals surface area contributed by atoms with Crippen molar-refractivity contribution in [2.24, 2.45) is 17.3 Å². The Kier molecular flexibility index (Phi) is 14.0. The molecule has 14 heteroatoms. The highest BCUT2D eigenvalue weighted by atomic mass is 35.5. The Bertz CT molecular complexity index is 1560. The lowest BCUT2D eigenvalue weighted by molar-refractivity contribution is -0.151. The Morgan fingerprint density at radius 1 is 1.00 bits per heavy atom. The van der Waals surface area contributed by atoms with E-state index >= 15 is 0 Å². The third kappa shape index (κ3) is 10.5. The Balaban J connectivity index is 1.06. The fraction of sp³-hybridized carbons (Fsp3) is 0.543. The van der Waals surface area contributed by atoms with Crippen molar-refractivity contribution in [3.05, 3.63) is 67.3 Å². The van der Waals surface area contributed by atoms with Crippen LogP contribution >= 0.6 is 11.6 Å². The number of nitrogens with zero attached hydrogens (tertiary/aromatic N) is 4. The van der Waals surface area contributed by atoms with Gasteiger partial charge in [0.25, 0.3) is 10.9 Å². The molecule has 2 aromatic rings. The molecular weight excluding hydrogens is 672 g/mol. The van der Waals surface area contributed by atoms with Crippen molar-refractivity contribution in [2.75, 3.05) is 65.0 Å². The number of carbonyl (C=O) groups is 2. The van der Waals surface area contributed by atoms with Gasteiger partial charge in [-0.25, -0.2) is 13.0 Å². The first-order chi connectivity index (χ1) is 23.5. The predicted octanol–water partition coefficient (Wildman–Crippen LogP) is 4.73. The van der Waals surface area contributed by atoms with Crippen LogP contribution in [0.4, 0.5) is 0 Å². The number of carbonyl (C=O) groups excluding carboxylic acids is 2. The zero-order valence-corrected chi connectivity index (χ0v) is 29.8. The molecule has 2 aliphatic rings. The van der Waals surface area contributed by atoms with Gasteiger partial charge in [-0.3, -0.25) is 19.4 Å². The van der Waals surface area contributed by atoms with Crippen LogP contribution < -0.4 is 4.74 Å². The van der Waals surface area contributed by atoms with Gasteiger partial charge in [-0.2, -0.15) is 0 Å². The molecule has 3 atom stereocenters. The highest BCUT2D eigenvalue weighted by Gasteiger charge is 2.39. The number of hydrogen-bond acceptors (Lipinski definition) is 12. The Morgan fingerprint density at radius 2 is 1.65 bits per heavy atom. The highest BCUT2D eigenvalue weighted by molar-refractivity contribution is 7.91. The predicted molar refractivity (Wildman–Crippen MR) is 184 cm³/mol. The lowest BCUT2D eigenvalue weighted by atomic mass is 9.61. The topological polar surface area (TPSA) is 141 Å². The number of benzene rings is 1. The van der Waals surface area contributed by atoms with E-state index in [-0.39, 0.29) is 48.9 Å². The zero-order chi connectivity index (χ0) is 35.4. The monoisotopic (exact) mass is 718 g/mol. The van der Waals surface area contributed by atoms with E-state index in [2.05, 4.69) is 57.5 Å². The van der Waals surface area contributed by atoms with Crippen LogP contribution in [0.15, 0.2) is 81.8 Å². The lowest BCUT2D eigenvalue weighted by Gasteiger charge is -2.45. The third-order valence-electron chi connectivity index (χ3n) is 9.47. The minimum atomic E-state index is -4.00. The van der Waals surface area contributed by atoms with E-state index in [0.29, 0.717) is 24.3 Å². The van der Waals surface area contributed by atoms with E-state index in [1.807, 2.05) is 0 Å². The van der Waals surface area contributed by atoms with Crippen molar-refractivity contribution in [3.8, 4) is 5.88 Å². The summed E-state index contributed by atoms with van der Waals surface area (Å²) in [7, 11) is -4.00. The van der Waals surface area contributed by atoms with Crippen LogP contribution in [0.1, 0.15) is 39.0 Å². The number of rotatable bonds is 18. The van der Waals surface area contributed by atoms with Crippen molar-refractivity contribution in [1.29, 1.82) is 0 Å². The average Bonchev–Trinajstić information content (AvgIpc) is 3.60. The molecule has 2 heterocycles. The molecule has 0 amide bonds. The summed E-state index contributed by atoms with van der Waals surface area (Å²) in [5.74, 6) is -0.213. The molecular formula is C35H47ClN4O8S. The molecule has 1 saturated heterocycles. The van der Waals surface area contributed by atoms with Crippen LogP contribution in [0.5, 0.6) is 5.88 Å². The van der Waals surface area contributed by atoms with Crippen LogP contribution in [-0.2, 0) is 28.9 Å². The molecule has 2 fully saturated rings. The number of sulfone groups is 1. The van der Waals surface area contributed by atoms with Gasteiger partial charge in [-0.15, -0.1) is 18.2 Å². The highest BCUT2D eigenvalue weighted by Crippen LogP contribution is 2.49. The third-order valence-corrected chi connectivity index (χ3v) is 11.5. The number of aromatic nitrogens is 2. The van der Waals surface area contributed by atoms with Gasteiger partial charge in [0.05, 0.1) is 17.7 Å². The molecule has 1 aromatic carbocycles. The van der Waals surface area contributed by atoms with E-state index in [4.69, 9.17) is 25.8 Å². The number of alkyl halides is 1. The molecule has 1 aliphatic heterocycles. The lowest BCUT2D eigenvalue weighted by Crippen LogP contribution is -2.48. The maximum absolute atomic E-state index is 12.7.